The Labute approximate surface area is 203 Å². The molecule has 7 heteroatoms. The molecule has 0 amide bonds. The quantitative estimate of drug-likeness (QED) is 0.388. The molecular formula is C28H25N3O4. The van der Waals surface area contributed by atoms with E-state index in [2.05, 4.69) is 4.99 Å². The molecule has 0 saturated heterocycles. The van der Waals surface area contributed by atoms with Crippen molar-refractivity contribution < 1.29 is 19.1 Å². The zero-order chi connectivity index (χ0) is 24.9. The molecule has 4 aromatic rings. The van der Waals surface area contributed by atoms with Crippen molar-refractivity contribution in [1.82, 2.24) is 9.55 Å². The molecule has 1 aromatic heterocycles. The Morgan fingerprint density at radius 1 is 0.771 bits per heavy atom. The van der Waals surface area contributed by atoms with E-state index in [4.69, 9.17) is 14.5 Å². The smallest absolute Gasteiger partial charge is 0.356 e. The highest BCUT2D eigenvalue weighted by molar-refractivity contribution is 6.02. The fourth-order valence-electron chi connectivity index (χ4n) is 3.66. The van der Waals surface area contributed by atoms with E-state index < -0.39 is 11.9 Å². The maximum atomic E-state index is 13.2. The number of aryl methyl sites for hydroxylation is 2. The van der Waals surface area contributed by atoms with Gasteiger partial charge in [0.05, 0.1) is 19.9 Å². The van der Waals surface area contributed by atoms with Crippen LogP contribution in [-0.2, 0) is 9.47 Å². The van der Waals surface area contributed by atoms with Crippen molar-refractivity contribution in [2.45, 2.75) is 13.8 Å². The van der Waals surface area contributed by atoms with Crippen LogP contribution in [0.25, 0.3) is 17.1 Å². The van der Waals surface area contributed by atoms with Gasteiger partial charge in [-0.2, -0.15) is 0 Å². The van der Waals surface area contributed by atoms with Gasteiger partial charge in [0.25, 0.3) is 0 Å². The first-order valence-corrected chi connectivity index (χ1v) is 11.0. The Morgan fingerprint density at radius 3 is 1.91 bits per heavy atom. The highest BCUT2D eigenvalue weighted by Crippen LogP contribution is 2.25. The Hall–Kier alpha value is -4.52. The highest BCUT2D eigenvalue weighted by Gasteiger charge is 2.29. The third-order valence-electron chi connectivity index (χ3n) is 5.47. The molecule has 0 spiro atoms. The van der Waals surface area contributed by atoms with Crippen molar-refractivity contribution in [2.75, 3.05) is 14.2 Å². The van der Waals surface area contributed by atoms with Crippen LogP contribution < -0.4 is 5.49 Å². The van der Waals surface area contributed by atoms with E-state index in [1.165, 1.54) is 14.2 Å². The monoisotopic (exact) mass is 467 g/mol. The lowest BCUT2D eigenvalue weighted by atomic mass is 10.1. The van der Waals surface area contributed by atoms with Crippen LogP contribution in [-0.4, -0.2) is 35.7 Å². The molecule has 0 aliphatic rings. The fraction of sp³-hybridized carbons (Fsp3) is 0.143. The summed E-state index contributed by atoms with van der Waals surface area (Å²) in [6.07, 6.45) is 0. The van der Waals surface area contributed by atoms with Crippen molar-refractivity contribution in [3.8, 4) is 17.1 Å². The fourth-order valence-corrected chi connectivity index (χ4v) is 3.66. The molecule has 7 nitrogen and oxygen atoms in total. The molecule has 0 N–H and O–H groups in total. The largest absolute Gasteiger partial charge is 0.465 e. The molecule has 0 radical (unpaired) electrons. The molecule has 0 aliphatic carbocycles. The van der Waals surface area contributed by atoms with Crippen LogP contribution in [0.4, 0.5) is 5.69 Å². The van der Waals surface area contributed by atoms with Gasteiger partial charge in [-0.05, 0) is 38.1 Å². The summed E-state index contributed by atoms with van der Waals surface area (Å²) in [5, 5.41) is 0. The normalized spacial score (nSPS) is 11.3. The Bertz CT molecular complexity index is 1440. The van der Waals surface area contributed by atoms with Crippen molar-refractivity contribution >= 4 is 17.6 Å². The first-order chi connectivity index (χ1) is 16.9. The van der Waals surface area contributed by atoms with Crippen LogP contribution in [0, 0.1) is 13.8 Å². The van der Waals surface area contributed by atoms with Gasteiger partial charge in [0.2, 0.25) is 0 Å². The minimum Gasteiger partial charge on any atom is -0.465 e. The molecule has 3 aromatic carbocycles. The molecule has 0 atom stereocenters. The van der Waals surface area contributed by atoms with Gasteiger partial charge in [-0.3, -0.25) is 4.57 Å². The summed E-state index contributed by atoms with van der Waals surface area (Å²) < 4.78 is 11.8. The van der Waals surface area contributed by atoms with Gasteiger partial charge in [0, 0.05) is 11.3 Å². The molecule has 0 saturated carbocycles. The first kappa shape index (κ1) is 23.6. The second-order valence-electron chi connectivity index (χ2n) is 7.95. The first-order valence-electron chi connectivity index (χ1n) is 11.0. The van der Waals surface area contributed by atoms with E-state index in [1.54, 1.807) is 4.57 Å². The molecule has 1 heterocycles. The predicted octanol–water partition coefficient (Wildman–Crippen LogP) is 4.96. The van der Waals surface area contributed by atoms with Gasteiger partial charge in [-0.1, -0.05) is 65.7 Å². The number of aromatic nitrogens is 2. The number of rotatable bonds is 5. The van der Waals surface area contributed by atoms with E-state index in [0.717, 1.165) is 16.7 Å². The molecular weight excluding hydrogens is 442 g/mol. The number of carbonyl (C=O) groups is 2. The second kappa shape index (κ2) is 10.2. The van der Waals surface area contributed by atoms with Crippen LogP contribution in [0.2, 0.25) is 0 Å². The predicted molar refractivity (Wildman–Crippen MR) is 133 cm³/mol. The molecule has 35 heavy (non-hydrogen) atoms. The maximum absolute atomic E-state index is 13.2. The summed E-state index contributed by atoms with van der Waals surface area (Å²) >= 11 is 0. The van der Waals surface area contributed by atoms with Gasteiger partial charge in [-0.15, -0.1) is 0 Å². The third-order valence-corrected chi connectivity index (χ3v) is 5.47. The summed E-state index contributed by atoms with van der Waals surface area (Å²) in [5.74, 6) is -1.04. The summed E-state index contributed by atoms with van der Waals surface area (Å²) in [4.78, 5) is 35.7. The minimum atomic E-state index is -0.746. The zero-order valence-corrected chi connectivity index (χ0v) is 20.0. The SMILES string of the molecule is COC(=O)c1c(C(=O)OC)n(-c2ccc(C)cc2)c(-c2ccccc2)nc1=Nc1ccc(C)cc1. The maximum Gasteiger partial charge on any atom is 0.356 e. The Balaban J connectivity index is 2.20. The lowest BCUT2D eigenvalue weighted by Crippen LogP contribution is -2.31. The van der Waals surface area contributed by atoms with Crippen molar-refractivity contribution in [1.29, 1.82) is 0 Å². The number of hydrogen-bond acceptors (Lipinski definition) is 6. The Morgan fingerprint density at radius 2 is 1.34 bits per heavy atom. The van der Waals surface area contributed by atoms with E-state index in [1.807, 2.05) is 92.7 Å². The van der Waals surface area contributed by atoms with Crippen LogP contribution in [0.3, 0.4) is 0 Å². The average Bonchev–Trinajstić information content (AvgIpc) is 2.89. The zero-order valence-electron chi connectivity index (χ0n) is 20.0. The van der Waals surface area contributed by atoms with Crippen LogP contribution >= 0.6 is 0 Å². The molecule has 176 valence electrons. The number of carbonyl (C=O) groups excluding carboxylic acids is 2. The van der Waals surface area contributed by atoms with Crippen LogP contribution in [0.1, 0.15) is 32.0 Å². The number of nitrogens with zero attached hydrogens (tertiary/aromatic N) is 3. The topological polar surface area (TPSA) is 82.8 Å². The number of methoxy groups -OCH3 is 2. The number of hydrogen-bond donors (Lipinski definition) is 0. The highest BCUT2D eigenvalue weighted by atomic mass is 16.5. The van der Waals surface area contributed by atoms with Crippen LogP contribution in [0.15, 0.2) is 83.9 Å². The van der Waals surface area contributed by atoms with Gasteiger partial charge in [0.1, 0.15) is 11.4 Å². The standard InChI is InChI=1S/C28H25N3O4/c1-18-10-14-21(15-11-18)29-25-23(27(32)34-3)24(28(33)35-4)31(22-16-12-19(2)13-17-22)26(30-25)20-8-6-5-7-9-20/h5-17H,1-4H3. The van der Waals surface area contributed by atoms with Gasteiger partial charge < -0.3 is 9.47 Å². The average molecular weight is 468 g/mol. The summed E-state index contributed by atoms with van der Waals surface area (Å²) in [6.45, 7) is 3.94. The van der Waals surface area contributed by atoms with E-state index in [9.17, 15) is 9.59 Å². The lowest BCUT2D eigenvalue weighted by Gasteiger charge is -2.20. The summed E-state index contributed by atoms with van der Waals surface area (Å²) in [7, 11) is 2.52. The molecule has 4 rings (SSSR count). The van der Waals surface area contributed by atoms with Crippen molar-refractivity contribution in [3.63, 3.8) is 0 Å². The molecule has 0 aliphatic heterocycles. The number of ether oxygens (including phenoxy) is 2. The minimum absolute atomic E-state index is 0.0251. The van der Waals surface area contributed by atoms with Gasteiger partial charge in [0.15, 0.2) is 11.2 Å². The van der Waals surface area contributed by atoms with Gasteiger partial charge in [-0.25, -0.2) is 19.6 Å². The number of esters is 2. The summed E-state index contributed by atoms with van der Waals surface area (Å²) in [6, 6.07) is 24.4. The second-order valence-corrected chi connectivity index (χ2v) is 7.95. The van der Waals surface area contributed by atoms with E-state index >= 15 is 0 Å². The summed E-state index contributed by atoms with van der Waals surface area (Å²) in [5.41, 5.74) is 4.00. The molecule has 0 fully saturated rings. The van der Waals surface area contributed by atoms with Crippen LogP contribution in [0.5, 0.6) is 0 Å². The lowest BCUT2D eigenvalue weighted by molar-refractivity contribution is 0.0544. The van der Waals surface area contributed by atoms with E-state index in [0.29, 0.717) is 17.2 Å². The Kier molecular flexibility index (Phi) is 6.87. The molecule has 0 bridgehead atoms. The van der Waals surface area contributed by atoms with E-state index in [-0.39, 0.29) is 16.7 Å². The van der Waals surface area contributed by atoms with Gasteiger partial charge >= 0.3 is 11.9 Å². The van der Waals surface area contributed by atoms with Crippen molar-refractivity contribution in [2.24, 2.45) is 4.99 Å². The van der Waals surface area contributed by atoms with Crippen molar-refractivity contribution in [3.05, 3.63) is 107 Å². The molecule has 0 unspecified atom stereocenters. The number of benzene rings is 3. The third kappa shape index (κ3) is 4.89.